The van der Waals surface area contributed by atoms with Crippen molar-refractivity contribution in [2.24, 2.45) is 5.73 Å². The number of nitrogens with one attached hydrogen (secondary N) is 1. The van der Waals surface area contributed by atoms with Gasteiger partial charge in [0.25, 0.3) is 0 Å². The average Bonchev–Trinajstić information content (AvgIpc) is 2.89. The summed E-state index contributed by atoms with van der Waals surface area (Å²) < 4.78 is 0. The van der Waals surface area contributed by atoms with E-state index in [0.717, 1.165) is 23.5 Å². The van der Waals surface area contributed by atoms with Crippen LogP contribution in [0.15, 0.2) is 36.5 Å². The second-order valence-corrected chi connectivity index (χ2v) is 4.64. The van der Waals surface area contributed by atoms with E-state index in [9.17, 15) is 0 Å². The maximum Gasteiger partial charge on any atom is 0.123 e. The van der Waals surface area contributed by atoms with E-state index in [-0.39, 0.29) is 6.04 Å². The number of H-pyrrole nitrogens is 1. The second kappa shape index (κ2) is 6.36. The zero-order valence-corrected chi connectivity index (χ0v) is 10.9. The molecule has 0 spiro atoms. The highest BCUT2D eigenvalue weighted by Gasteiger charge is 2.10. The van der Waals surface area contributed by atoms with Gasteiger partial charge < -0.3 is 10.7 Å². The molecule has 1 aromatic heterocycles. The molecule has 1 heterocycles. The molecule has 1 atom stereocenters. The van der Waals surface area contributed by atoms with Crippen LogP contribution in [0, 0.1) is 0 Å². The van der Waals surface area contributed by atoms with Crippen molar-refractivity contribution in [2.45, 2.75) is 38.6 Å². The number of hydrogen-bond donors (Lipinski definition) is 2. The fraction of sp³-hybridized carbons (Fsp3) is 0.400. The average molecular weight is 243 g/mol. The standard InChI is InChI=1S/C15H21N3/c1-2-3-5-10-13(16)15-17-11-14(18-15)12-8-6-4-7-9-12/h4,6-9,11,13H,2-3,5,10,16H2,1H3,(H,17,18)/t13-/m1/s1. The van der Waals surface area contributed by atoms with Crippen LogP contribution in [0.25, 0.3) is 11.3 Å². The van der Waals surface area contributed by atoms with Gasteiger partial charge in [0.15, 0.2) is 0 Å². The molecule has 0 saturated carbocycles. The topological polar surface area (TPSA) is 54.7 Å². The molecule has 3 N–H and O–H groups in total. The van der Waals surface area contributed by atoms with Gasteiger partial charge in [0.05, 0.1) is 11.7 Å². The second-order valence-electron chi connectivity index (χ2n) is 4.64. The predicted octanol–water partition coefficient (Wildman–Crippen LogP) is 3.66. The Morgan fingerprint density at radius 1 is 1.22 bits per heavy atom. The summed E-state index contributed by atoms with van der Waals surface area (Å²) in [5.41, 5.74) is 8.23. The Labute approximate surface area is 108 Å². The van der Waals surface area contributed by atoms with E-state index in [1.165, 1.54) is 19.3 Å². The highest BCUT2D eigenvalue weighted by atomic mass is 15.0. The first-order chi connectivity index (χ1) is 8.81. The first kappa shape index (κ1) is 12.8. The lowest BCUT2D eigenvalue weighted by molar-refractivity contribution is 0.562. The van der Waals surface area contributed by atoms with Crippen molar-refractivity contribution in [2.75, 3.05) is 0 Å². The van der Waals surface area contributed by atoms with E-state index in [1.807, 2.05) is 24.4 Å². The number of aromatic nitrogens is 2. The van der Waals surface area contributed by atoms with Crippen LogP contribution < -0.4 is 5.73 Å². The highest BCUT2D eigenvalue weighted by Crippen LogP contribution is 2.20. The first-order valence-corrected chi connectivity index (χ1v) is 6.67. The van der Waals surface area contributed by atoms with Crippen molar-refractivity contribution in [1.82, 2.24) is 9.97 Å². The summed E-state index contributed by atoms with van der Waals surface area (Å²) in [6.07, 6.45) is 6.55. The van der Waals surface area contributed by atoms with Crippen LogP contribution >= 0.6 is 0 Å². The Morgan fingerprint density at radius 3 is 2.72 bits per heavy atom. The molecule has 0 radical (unpaired) electrons. The van der Waals surface area contributed by atoms with E-state index in [2.05, 4.69) is 29.0 Å². The van der Waals surface area contributed by atoms with Gasteiger partial charge in [0.1, 0.15) is 5.82 Å². The highest BCUT2D eigenvalue weighted by molar-refractivity contribution is 5.58. The van der Waals surface area contributed by atoms with Crippen molar-refractivity contribution >= 4 is 0 Å². The molecule has 1 aromatic carbocycles. The van der Waals surface area contributed by atoms with E-state index >= 15 is 0 Å². The van der Waals surface area contributed by atoms with Crippen molar-refractivity contribution < 1.29 is 0 Å². The van der Waals surface area contributed by atoms with Crippen LogP contribution in [0.5, 0.6) is 0 Å². The van der Waals surface area contributed by atoms with Gasteiger partial charge >= 0.3 is 0 Å². The molecule has 2 aromatic rings. The number of hydrogen-bond acceptors (Lipinski definition) is 2. The lowest BCUT2D eigenvalue weighted by Crippen LogP contribution is -2.11. The summed E-state index contributed by atoms with van der Waals surface area (Å²) in [4.78, 5) is 7.77. The van der Waals surface area contributed by atoms with Crippen molar-refractivity contribution in [3.8, 4) is 11.3 Å². The van der Waals surface area contributed by atoms with Crippen molar-refractivity contribution in [3.05, 3.63) is 42.4 Å². The third-order valence-electron chi connectivity index (χ3n) is 3.14. The van der Waals surface area contributed by atoms with Crippen LogP contribution in [-0.2, 0) is 0 Å². The minimum absolute atomic E-state index is 0.0222. The van der Waals surface area contributed by atoms with Gasteiger partial charge in [-0.1, -0.05) is 56.5 Å². The summed E-state index contributed by atoms with van der Waals surface area (Å²) in [6, 6.07) is 10.2. The minimum Gasteiger partial charge on any atom is -0.347 e. The monoisotopic (exact) mass is 243 g/mol. The molecule has 0 aliphatic heterocycles. The van der Waals surface area contributed by atoms with E-state index in [4.69, 9.17) is 5.73 Å². The molecule has 96 valence electrons. The van der Waals surface area contributed by atoms with Gasteiger partial charge in [-0.2, -0.15) is 0 Å². The van der Waals surface area contributed by atoms with Crippen LogP contribution in [0.4, 0.5) is 0 Å². The Hall–Kier alpha value is -1.61. The van der Waals surface area contributed by atoms with Gasteiger partial charge in [0, 0.05) is 11.8 Å². The van der Waals surface area contributed by atoms with Crippen LogP contribution in [0.2, 0.25) is 0 Å². The van der Waals surface area contributed by atoms with Gasteiger partial charge in [-0.05, 0) is 6.42 Å². The van der Waals surface area contributed by atoms with Gasteiger partial charge in [0.2, 0.25) is 0 Å². The zero-order valence-electron chi connectivity index (χ0n) is 10.9. The predicted molar refractivity (Wildman–Crippen MR) is 75.1 cm³/mol. The van der Waals surface area contributed by atoms with Gasteiger partial charge in [-0.15, -0.1) is 0 Å². The Kier molecular flexibility index (Phi) is 4.53. The lowest BCUT2D eigenvalue weighted by atomic mass is 10.1. The quantitative estimate of drug-likeness (QED) is 0.761. The molecule has 0 aliphatic carbocycles. The molecule has 2 rings (SSSR count). The molecule has 0 saturated heterocycles. The van der Waals surface area contributed by atoms with Crippen molar-refractivity contribution in [1.29, 1.82) is 0 Å². The molecule has 18 heavy (non-hydrogen) atoms. The number of benzene rings is 1. The lowest BCUT2D eigenvalue weighted by Gasteiger charge is -2.07. The maximum absolute atomic E-state index is 6.13. The van der Waals surface area contributed by atoms with Crippen LogP contribution in [-0.4, -0.2) is 9.97 Å². The fourth-order valence-electron chi connectivity index (χ4n) is 2.03. The number of rotatable bonds is 6. The molecule has 3 heteroatoms. The number of unbranched alkanes of at least 4 members (excludes halogenated alkanes) is 2. The Balaban J connectivity index is 2.02. The smallest absolute Gasteiger partial charge is 0.123 e. The molecule has 3 nitrogen and oxygen atoms in total. The molecule has 0 amide bonds. The molecule has 0 bridgehead atoms. The minimum atomic E-state index is 0.0222. The molecular formula is C15H21N3. The number of nitrogens with two attached hydrogens (primary N) is 1. The maximum atomic E-state index is 6.13. The number of nitrogens with zero attached hydrogens (tertiary/aromatic N) is 1. The van der Waals surface area contributed by atoms with Crippen LogP contribution in [0.3, 0.4) is 0 Å². The third kappa shape index (κ3) is 3.20. The summed E-state index contributed by atoms with van der Waals surface area (Å²) in [5.74, 6) is 0.893. The van der Waals surface area contributed by atoms with Crippen molar-refractivity contribution in [3.63, 3.8) is 0 Å². The third-order valence-corrected chi connectivity index (χ3v) is 3.14. The zero-order chi connectivity index (χ0) is 12.8. The molecule has 0 unspecified atom stereocenters. The first-order valence-electron chi connectivity index (χ1n) is 6.67. The summed E-state index contributed by atoms with van der Waals surface area (Å²) >= 11 is 0. The number of imidazole rings is 1. The summed E-state index contributed by atoms with van der Waals surface area (Å²) in [5, 5.41) is 0. The van der Waals surface area contributed by atoms with E-state index in [1.54, 1.807) is 0 Å². The van der Waals surface area contributed by atoms with Gasteiger partial charge in [-0.25, -0.2) is 4.98 Å². The summed E-state index contributed by atoms with van der Waals surface area (Å²) in [6.45, 7) is 2.20. The summed E-state index contributed by atoms with van der Waals surface area (Å²) in [7, 11) is 0. The van der Waals surface area contributed by atoms with Gasteiger partial charge in [-0.3, -0.25) is 0 Å². The molecular weight excluding hydrogens is 222 g/mol. The fourth-order valence-corrected chi connectivity index (χ4v) is 2.03. The van der Waals surface area contributed by atoms with E-state index < -0.39 is 0 Å². The molecule has 0 aliphatic rings. The molecule has 0 fully saturated rings. The largest absolute Gasteiger partial charge is 0.347 e. The Morgan fingerprint density at radius 2 is 2.00 bits per heavy atom. The Bertz CT molecular complexity index is 462. The van der Waals surface area contributed by atoms with E-state index in [0.29, 0.717) is 0 Å². The SMILES string of the molecule is CCCCC[C@@H](N)c1nc(-c2ccccc2)c[nH]1. The normalized spacial score (nSPS) is 12.6. The number of aromatic amines is 1. The van der Waals surface area contributed by atoms with Crippen LogP contribution in [0.1, 0.15) is 44.5 Å².